The van der Waals surface area contributed by atoms with E-state index >= 15 is 0 Å². The molecule has 1 aliphatic carbocycles. The molecule has 1 N–H and O–H groups in total. The van der Waals surface area contributed by atoms with Crippen molar-refractivity contribution in [3.05, 3.63) is 34.2 Å². The van der Waals surface area contributed by atoms with Crippen molar-refractivity contribution in [3.8, 4) is 17.0 Å². The van der Waals surface area contributed by atoms with E-state index in [9.17, 15) is 8.42 Å². The maximum atomic E-state index is 10.8. The van der Waals surface area contributed by atoms with Crippen molar-refractivity contribution < 1.29 is 13.2 Å². The minimum atomic E-state index is -2.99. The number of aryl methyl sites for hydroxylation is 1. The van der Waals surface area contributed by atoms with Gasteiger partial charge in [0.15, 0.2) is 0 Å². The van der Waals surface area contributed by atoms with Crippen molar-refractivity contribution >= 4 is 21.4 Å². The number of rotatable bonds is 3. The Labute approximate surface area is 172 Å². The van der Waals surface area contributed by atoms with Crippen molar-refractivity contribution in [2.24, 2.45) is 11.8 Å². The molecule has 4 rings (SSSR count). The Balaban J connectivity index is 0.000000163. The largest absolute Gasteiger partial charge is 0.493 e. The predicted octanol–water partition coefficient (Wildman–Crippen LogP) is 4.42. The fourth-order valence-electron chi connectivity index (χ4n) is 3.69. The topological polar surface area (TPSA) is 68.3 Å². The summed E-state index contributed by atoms with van der Waals surface area (Å²) in [6.07, 6.45) is 7.02. The molecule has 7 heteroatoms. The van der Waals surface area contributed by atoms with E-state index in [1.165, 1.54) is 36.8 Å². The molecule has 1 aromatic carbocycles. The first kappa shape index (κ1) is 21.3. The van der Waals surface area contributed by atoms with E-state index in [2.05, 4.69) is 29.6 Å². The highest BCUT2D eigenvalue weighted by molar-refractivity contribution is 7.88. The molecule has 0 unspecified atom stereocenters. The first-order chi connectivity index (χ1) is 13.3. The number of hydrogen-bond acceptors (Lipinski definition) is 5. The number of para-hydroxylation sites is 1. The van der Waals surface area contributed by atoms with Gasteiger partial charge in [0.05, 0.1) is 23.6 Å². The third-order valence-electron chi connectivity index (χ3n) is 5.30. The van der Waals surface area contributed by atoms with E-state index in [0.29, 0.717) is 12.5 Å². The Bertz CT molecular complexity index is 885. The number of nitrogens with zero attached hydrogens (tertiary/aromatic N) is 1. The van der Waals surface area contributed by atoms with Gasteiger partial charge in [-0.05, 0) is 43.7 Å². The Kier molecular flexibility index (Phi) is 7.12. The molecule has 1 aliphatic heterocycles. The minimum Gasteiger partial charge on any atom is -0.493 e. The molecule has 154 valence electrons. The van der Waals surface area contributed by atoms with Crippen LogP contribution in [-0.4, -0.2) is 32.8 Å². The number of aromatic nitrogens is 1. The molecule has 0 radical (unpaired) electrons. The van der Waals surface area contributed by atoms with Crippen LogP contribution in [0.5, 0.6) is 5.75 Å². The SMILES string of the molecule is CC1CCC(CNS(C)(=O)=O)CC1.Cc1nc2c(s1)CCOc1ccccc1-2. The van der Waals surface area contributed by atoms with E-state index in [4.69, 9.17) is 4.74 Å². The third kappa shape index (κ3) is 6.03. The third-order valence-corrected chi connectivity index (χ3v) is 7.02. The lowest BCUT2D eigenvalue weighted by molar-refractivity contribution is 0.291. The number of thiazole rings is 1. The molecule has 0 amide bonds. The van der Waals surface area contributed by atoms with E-state index in [1.54, 1.807) is 11.3 Å². The summed E-state index contributed by atoms with van der Waals surface area (Å²) in [5.41, 5.74) is 2.25. The normalized spacial score (nSPS) is 21.4. The van der Waals surface area contributed by atoms with Gasteiger partial charge < -0.3 is 4.74 Å². The number of sulfonamides is 1. The molecule has 0 bridgehead atoms. The van der Waals surface area contributed by atoms with Gasteiger partial charge in [-0.2, -0.15) is 0 Å². The highest BCUT2D eigenvalue weighted by Crippen LogP contribution is 2.36. The summed E-state index contributed by atoms with van der Waals surface area (Å²) in [6, 6.07) is 8.13. The van der Waals surface area contributed by atoms with Crippen LogP contribution >= 0.6 is 11.3 Å². The number of hydrogen-bond donors (Lipinski definition) is 1. The first-order valence-corrected chi connectivity index (χ1v) is 12.7. The zero-order chi connectivity index (χ0) is 20.1. The molecule has 2 aromatic rings. The summed E-state index contributed by atoms with van der Waals surface area (Å²) < 4.78 is 29.9. The Morgan fingerprint density at radius 1 is 1.21 bits per heavy atom. The van der Waals surface area contributed by atoms with Gasteiger partial charge in [-0.1, -0.05) is 31.9 Å². The molecule has 2 aliphatic rings. The van der Waals surface area contributed by atoms with Crippen LogP contribution in [0, 0.1) is 18.8 Å². The quantitative estimate of drug-likeness (QED) is 0.795. The summed E-state index contributed by atoms with van der Waals surface area (Å²) in [5, 5.41) is 1.14. The van der Waals surface area contributed by atoms with Crippen molar-refractivity contribution in [2.75, 3.05) is 19.4 Å². The van der Waals surface area contributed by atoms with Gasteiger partial charge >= 0.3 is 0 Å². The lowest BCUT2D eigenvalue weighted by Gasteiger charge is -2.25. The summed E-state index contributed by atoms with van der Waals surface area (Å²) in [7, 11) is -2.99. The molecule has 1 saturated carbocycles. The highest BCUT2D eigenvalue weighted by Gasteiger charge is 2.19. The standard InChI is InChI=1S/C12H11NOS.C9H19NO2S/c1-8-13-12-9-4-2-3-5-10(9)14-7-6-11(12)15-8;1-8-3-5-9(6-4-8)7-10-13(2,11)12/h2-5H,6-7H2,1H3;8-10H,3-7H2,1-2H3. The van der Waals surface area contributed by atoms with E-state index in [1.807, 2.05) is 18.2 Å². The molecular formula is C21H30N2O3S2. The Morgan fingerprint density at radius 3 is 2.64 bits per heavy atom. The zero-order valence-electron chi connectivity index (χ0n) is 16.9. The van der Waals surface area contributed by atoms with Crippen LogP contribution < -0.4 is 9.46 Å². The van der Waals surface area contributed by atoms with E-state index < -0.39 is 10.0 Å². The fourth-order valence-corrected chi connectivity index (χ4v) is 5.16. The van der Waals surface area contributed by atoms with Gasteiger partial charge in [0, 0.05) is 23.4 Å². The first-order valence-electron chi connectivity index (χ1n) is 9.95. The highest BCUT2D eigenvalue weighted by atomic mass is 32.2. The predicted molar refractivity (Wildman–Crippen MR) is 115 cm³/mol. The van der Waals surface area contributed by atoms with Gasteiger partial charge in [-0.25, -0.2) is 18.1 Å². The van der Waals surface area contributed by atoms with Gasteiger partial charge in [-0.3, -0.25) is 0 Å². The van der Waals surface area contributed by atoms with Crippen LogP contribution in [0.15, 0.2) is 24.3 Å². The summed E-state index contributed by atoms with van der Waals surface area (Å²) >= 11 is 1.78. The minimum absolute atomic E-state index is 0.561. The summed E-state index contributed by atoms with van der Waals surface area (Å²) in [6.45, 7) is 5.71. The number of fused-ring (bicyclic) bond motifs is 3. The van der Waals surface area contributed by atoms with Gasteiger partial charge in [0.25, 0.3) is 0 Å². The fraction of sp³-hybridized carbons (Fsp3) is 0.571. The van der Waals surface area contributed by atoms with Gasteiger partial charge in [-0.15, -0.1) is 11.3 Å². The van der Waals surface area contributed by atoms with Gasteiger partial charge in [0.2, 0.25) is 10.0 Å². The van der Waals surface area contributed by atoms with Gasteiger partial charge in [0.1, 0.15) is 5.75 Å². The van der Waals surface area contributed by atoms with Crippen molar-refractivity contribution in [2.45, 2.75) is 46.0 Å². The van der Waals surface area contributed by atoms with E-state index in [0.717, 1.165) is 41.0 Å². The Morgan fingerprint density at radius 2 is 1.93 bits per heavy atom. The molecule has 1 aromatic heterocycles. The number of benzene rings is 1. The molecular weight excluding hydrogens is 392 g/mol. The monoisotopic (exact) mass is 422 g/mol. The van der Waals surface area contributed by atoms with Crippen LogP contribution in [0.4, 0.5) is 0 Å². The zero-order valence-corrected chi connectivity index (χ0v) is 18.5. The molecule has 0 saturated heterocycles. The maximum Gasteiger partial charge on any atom is 0.208 e. The van der Waals surface area contributed by atoms with Crippen LogP contribution in [-0.2, 0) is 16.4 Å². The summed E-state index contributed by atoms with van der Waals surface area (Å²) in [4.78, 5) is 5.94. The molecule has 0 spiro atoms. The molecule has 2 heterocycles. The second-order valence-corrected chi connectivity index (χ2v) is 11.0. The summed E-state index contributed by atoms with van der Waals surface area (Å²) in [5.74, 6) is 2.35. The Hall–Kier alpha value is -1.44. The second kappa shape index (κ2) is 9.37. The average molecular weight is 423 g/mol. The van der Waals surface area contributed by atoms with E-state index in [-0.39, 0.29) is 0 Å². The maximum absolute atomic E-state index is 10.8. The molecule has 5 nitrogen and oxygen atoms in total. The average Bonchev–Trinajstić information content (AvgIpc) is 2.93. The van der Waals surface area contributed by atoms with Crippen molar-refractivity contribution in [1.82, 2.24) is 9.71 Å². The van der Waals surface area contributed by atoms with Crippen molar-refractivity contribution in [1.29, 1.82) is 0 Å². The molecule has 1 fully saturated rings. The second-order valence-electron chi connectivity index (χ2n) is 7.85. The van der Waals surface area contributed by atoms with Crippen LogP contribution in [0.3, 0.4) is 0 Å². The smallest absolute Gasteiger partial charge is 0.208 e. The van der Waals surface area contributed by atoms with Crippen LogP contribution in [0.25, 0.3) is 11.3 Å². The van der Waals surface area contributed by atoms with Crippen molar-refractivity contribution in [3.63, 3.8) is 0 Å². The van der Waals surface area contributed by atoms with Crippen LogP contribution in [0.1, 0.15) is 42.5 Å². The molecule has 28 heavy (non-hydrogen) atoms. The lowest BCUT2D eigenvalue weighted by Crippen LogP contribution is -2.30. The lowest BCUT2D eigenvalue weighted by atomic mass is 9.83. The number of nitrogens with one attached hydrogen (secondary N) is 1. The molecule has 0 atom stereocenters. The van der Waals surface area contributed by atoms with Crippen LogP contribution in [0.2, 0.25) is 0 Å². The number of ether oxygens (including phenoxy) is 1.